The van der Waals surface area contributed by atoms with Crippen molar-refractivity contribution in [3.05, 3.63) is 34.6 Å². The van der Waals surface area contributed by atoms with Gasteiger partial charge in [0.2, 0.25) is 0 Å². The van der Waals surface area contributed by atoms with E-state index in [0.717, 1.165) is 9.99 Å². The molecule has 0 radical (unpaired) electrons. The molecule has 2 heterocycles. The largest absolute Gasteiger partial charge is 0.495 e. The summed E-state index contributed by atoms with van der Waals surface area (Å²) in [6, 6.07) is 3.37. The van der Waals surface area contributed by atoms with Gasteiger partial charge in [-0.1, -0.05) is 0 Å². The Bertz CT molecular complexity index is 533. The van der Waals surface area contributed by atoms with E-state index in [0.29, 0.717) is 5.75 Å². The molecule has 0 aliphatic heterocycles. The number of ether oxygens (including phenoxy) is 1. The van der Waals surface area contributed by atoms with Gasteiger partial charge in [-0.05, 0) is 22.0 Å². The fourth-order valence-electron chi connectivity index (χ4n) is 1.39. The lowest BCUT2D eigenvalue weighted by molar-refractivity contribution is 0.0697. The van der Waals surface area contributed by atoms with E-state index in [1.165, 1.54) is 0 Å². The quantitative estimate of drug-likeness (QED) is 0.911. The summed E-state index contributed by atoms with van der Waals surface area (Å²) >= 11 is 3.33. The lowest BCUT2D eigenvalue weighted by Gasteiger charge is -2.03. The van der Waals surface area contributed by atoms with Crippen LogP contribution in [0.3, 0.4) is 0 Å². The molecule has 2 aromatic rings. The highest BCUT2D eigenvalue weighted by Gasteiger charge is 2.09. The Kier molecular flexibility index (Phi) is 2.40. The minimum atomic E-state index is -0.936. The molecule has 2 aromatic heterocycles. The van der Waals surface area contributed by atoms with E-state index in [1.807, 2.05) is 0 Å². The molecule has 0 bridgehead atoms. The van der Waals surface area contributed by atoms with E-state index in [9.17, 15) is 4.79 Å². The van der Waals surface area contributed by atoms with E-state index >= 15 is 0 Å². The van der Waals surface area contributed by atoms with Crippen molar-refractivity contribution in [2.24, 2.45) is 0 Å². The standard InChI is InChI=1S/C10H8BrNO3/c1-15-9-3-7-2-6(10(13)14)4-12(7)5-8(9)11/h2-5H,1H3,(H,13,14). The number of aromatic nitrogens is 1. The highest BCUT2D eigenvalue weighted by Crippen LogP contribution is 2.27. The van der Waals surface area contributed by atoms with Crippen LogP contribution in [0.25, 0.3) is 5.52 Å². The number of hydrogen-bond donors (Lipinski definition) is 1. The summed E-state index contributed by atoms with van der Waals surface area (Å²) in [4.78, 5) is 10.8. The Balaban J connectivity index is 2.66. The summed E-state index contributed by atoms with van der Waals surface area (Å²) in [6.45, 7) is 0. The Morgan fingerprint density at radius 3 is 2.80 bits per heavy atom. The average molecular weight is 270 g/mol. The molecule has 15 heavy (non-hydrogen) atoms. The van der Waals surface area contributed by atoms with E-state index in [-0.39, 0.29) is 5.56 Å². The number of fused-ring (bicyclic) bond motifs is 1. The highest BCUT2D eigenvalue weighted by molar-refractivity contribution is 9.10. The van der Waals surface area contributed by atoms with Crippen molar-refractivity contribution in [1.29, 1.82) is 0 Å². The third-order valence-electron chi connectivity index (χ3n) is 2.11. The van der Waals surface area contributed by atoms with Crippen LogP contribution in [-0.2, 0) is 0 Å². The maximum atomic E-state index is 10.8. The zero-order chi connectivity index (χ0) is 11.0. The Morgan fingerprint density at radius 2 is 2.20 bits per heavy atom. The Hall–Kier alpha value is -1.49. The number of rotatable bonds is 2. The zero-order valence-electron chi connectivity index (χ0n) is 7.90. The first-order valence-corrected chi connectivity index (χ1v) is 4.99. The molecule has 0 saturated carbocycles. The van der Waals surface area contributed by atoms with Crippen LogP contribution >= 0.6 is 15.9 Å². The van der Waals surface area contributed by atoms with Gasteiger partial charge in [0.15, 0.2) is 0 Å². The van der Waals surface area contributed by atoms with Crippen molar-refractivity contribution in [2.75, 3.05) is 7.11 Å². The number of carboxylic acids is 1. The fraction of sp³-hybridized carbons (Fsp3) is 0.100. The topological polar surface area (TPSA) is 50.9 Å². The molecule has 0 aliphatic carbocycles. The predicted octanol–water partition coefficient (Wildman–Crippen LogP) is 2.41. The van der Waals surface area contributed by atoms with Crippen molar-refractivity contribution in [1.82, 2.24) is 4.40 Å². The van der Waals surface area contributed by atoms with Gasteiger partial charge in [0.05, 0.1) is 17.1 Å². The maximum Gasteiger partial charge on any atom is 0.337 e. The van der Waals surface area contributed by atoms with Crippen LogP contribution in [0.2, 0.25) is 0 Å². The maximum absolute atomic E-state index is 10.8. The first-order chi connectivity index (χ1) is 7.11. The molecule has 0 unspecified atom stereocenters. The van der Waals surface area contributed by atoms with Crippen LogP contribution < -0.4 is 4.74 Å². The molecule has 0 amide bonds. The SMILES string of the molecule is COc1cc2cc(C(=O)O)cn2cc1Br. The van der Waals surface area contributed by atoms with Crippen LogP contribution in [0.4, 0.5) is 0 Å². The van der Waals surface area contributed by atoms with E-state index in [2.05, 4.69) is 15.9 Å². The van der Waals surface area contributed by atoms with Crippen molar-refractivity contribution in [3.8, 4) is 5.75 Å². The minimum Gasteiger partial charge on any atom is -0.495 e. The number of hydrogen-bond acceptors (Lipinski definition) is 2. The second-order valence-electron chi connectivity index (χ2n) is 3.06. The Labute approximate surface area is 94.2 Å². The third kappa shape index (κ3) is 1.70. The minimum absolute atomic E-state index is 0.259. The smallest absolute Gasteiger partial charge is 0.337 e. The number of pyridine rings is 1. The molecule has 0 aromatic carbocycles. The van der Waals surface area contributed by atoms with Gasteiger partial charge < -0.3 is 14.2 Å². The van der Waals surface area contributed by atoms with Gasteiger partial charge in [0.25, 0.3) is 0 Å². The van der Waals surface area contributed by atoms with Crippen LogP contribution in [0.15, 0.2) is 29.0 Å². The number of aromatic carboxylic acids is 1. The van der Waals surface area contributed by atoms with E-state index < -0.39 is 5.97 Å². The summed E-state index contributed by atoms with van der Waals surface area (Å²) in [6.07, 6.45) is 3.32. The number of carbonyl (C=O) groups is 1. The highest BCUT2D eigenvalue weighted by atomic mass is 79.9. The number of methoxy groups -OCH3 is 1. The van der Waals surface area contributed by atoms with Crippen LogP contribution in [0.1, 0.15) is 10.4 Å². The van der Waals surface area contributed by atoms with Gasteiger partial charge in [-0.25, -0.2) is 4.79 Å². The lowest BCUT2D eigenvalue weighted by Crippen LogP contribution is -1.92. The molecule has 5 heteroatoms. The summed E-state index contributed by atoms with van der Waals surface area (Å²) in [5, 5.41) is 8.83. The van der Waals surface area contributed by atoms with Gasteiger partial charge in [-0.15, -0.1) is 0 Å². The van der Waals surface area contributed by atoms with Gasteiger partial charge in [-0.2, -0.15) is 0 Å². The number of nitrogens with zero attached hydrogens (tertiary/aromatic N) is 1. The van der Waals surface area contributed by atoms with Crippen LogP contribution in [-0.4, -0.2) is 22.6 Å². The summed E-state index contributed by atoms with van der Waals surface area (Å²) in [5.41, 5.74) is 1.04. The molecule has 0 fully saturated rings. The fourth-order valence-corrected chi connectivity index (χ4v) is 1.88. The third-order valence-corrected chi connectivity index (χ3v) is 2.71. The van der Waals surface area contributed by atoms with Crippen molar-refractivity contribution < 1.29 is 14.6 Å². The Morgan fingerprint density at radius 1 is 1.47 bits per heavy atom. The molecule has 2 rings (SSSR count). The van der Waals surface area contributed by atoms with Gasteiger partial charge in [-0.3, -0.25) is 0 Å². The first kappa shape index (κ1) is 10.0. The van der Waals surface area contributed by atoms with E-state index in [1.54, 1.807) is 36.0 Å². The molecule has 1 N–H and O–H groups in total. The molecule has 0 atom stereocenters. The molecule has 4 nitrogen and oxygen atoms in total. The monoisotopic (exact) mass is 269 g/mol. The van der Waals surface area contributed by atoms with Gasteiger partial charge >= 0.3 is 5.97 Å². The molecular formula is C10H8BrNO3. The molecule has 0 saturated heterocycles. The zero-order valence-corrected chi connectivity index (χ0v) is 9.48. The number of halogens is 1. The molecule has 0 aliphatic rings. The van der Waals surface area contributed by atoms with Crippen molar-refractivity contribution >= 4 is 27.4 Å². The van der Waals surface area contributed by atoms with Gasteiger partial charge in [0, 0.05) is 24.0 Å². The summed E-state index contributed by atoms with van der Waals surface area (Å²) in [5.74, 6) is -0.258. The predicted molar refractivity (Wildman–Crippen MR) is 58.6 cm³/mol. The van der Waals surface area contributed by atoms with Crippen molar-refractivity contribution in [3.63, 3.8) is 0 Å². The van der Waals surface area contributed by atoms with Crippen LogP contribution in [0.5, 0.6) is 5.75 Å². The summed E-state index contributed by atoms with van der Waals surface area (Å²) < 4.78 is 7.63. The number of carboxylic acid groups (broad SMARTS) is 1. The second-order valence-corrected chi connectivity index (χ2v) is 3.91. The first-order valence-electron chi connectivity index (χ1n) is 4.20. The summed E-state index contributed by atoms with van der Waals surface area (Å²) in [7, 11) is 1.57. The second kappa shape index (κ2) is 3.58. The van der Waals surface area contributed by atoms with Crippen LogP contribution in [0, 0.1) is 0 Å². The average Bonchev–Trinajstić information content (AvgIpc) is 2.59. The molecule has 78 valence electrons. The normalized spacial score (nSPS) is 10.5. The lowest BCUT2D eigenvalue weighted by atomic mass is 10.3. The molecule has 0 spiro atoms. The van der Waals surface area contributed by atoms with Crippen molar-refractivity contribution in [2.45, 2.75) is 0 Å². The molecular weight excluding hydrogens is 262 g/mol. The van der Waals surface area contributed by atoms with E-state index in [4.69, 9.17) is 9.84 Å². The van der Waals surface area contributed by atoms with Gasteiger partial charge in [0.1, 0.15) is 5.75 Å².